The van der Waals surface area contributed by atoms with Gasteiger partial charge >= 0.3 is 0 Å². The molecule has 0 saturated heterocycles. The molecule has 1 N–H and O–H groups in total. The molecule has 1 aliphatic rings. The van der Waals surface area contributed by atoms with Crippen LogP contribution in [0.5, 0.6) is 0 Å². The van der Waals surface area contributed by atoms with Gasteiger partial charge in [-0.3, -0.25) is 0 Å². The van der Waals surface area contributed by atoms with Gasteiger partial charge in [0, 0.05) is 25.0 Å². The Morgan fingerprint density at radius 3 is 2.65 bits per heavy atom. The molecule has 0 aromatic carbocycles. The van der Waals surface area contributed by atoms with E-state index in [1.54, 1.807) is 0 Å². The Bertz CT molecular complexity index is 353. The van der Waals surface area contributed by atoms with Gasteiger partial charge in [-0.2, -0.15) is 0 Å². The maximum Gasteiger partial charge on any atom is 0.202 e. The van der Waals surface area contributed by atoms with Crippen LogP contribution in [0.25, 0.3) is 0 Å². The summed E-state index contributed by atoms with van der Waals surface area (Å²) in [5.74, 6) is 1.09. The monoisotopic (exact) mass is 277 g/mol. The molecule has 0 amide bonds. The van der Waals surface area contributed by atoms with E-state index in [0.29, 0.717) is 6.04 Å². The molecular weight excluding hydrogens is 246 g/mol. The number of imidazole rings is 1. The van der Waals surface area contributed by atoms with Crippen LogP contribution in [0.2, 0.25) is 0 Å². The first kappa shape index (κ1) is 15.4. The maximum atomic E-state index is 4.49. The number of aromatic nitrogens is 2. The largest absolute Gasteiger partial charge is 0.353 e. The second kappa shape index (κ2) is 9.04. The van der Waals surface area contributed by atoms with Crippen LogP contribution in [-0.4, -0.2) is 15.6 Å². The highest BCUT2D eigenvalue weighted by molar-refractivity contribution is 5.27. The van der Waals surface area contributed by atoms with Gasteiger partial charge in [0.05, 0.1) is 0 Å². The van der Waals surface area contributed by atoms with Crippen molar-refractivity contribution in [2.24, 2.45) is 0 Å². The lowest BCUT2D eigenvalue weighted by molar-refractivity contribution is 0.458. The third-order valence-electron chi connectivity index (χ3n) is 4.41. The Hall–Kier alpha value is -0.990. The van der Waals surface area contributed by atoms with Crippen molar-refractivity contribution in [2.45, 2.75) is 90.1 Å². The van der Waals surface area contributed by atoms with E-state index >= 15 is 0 Å². The molecule has 0 atom stereocenters. The van der Waals surface area contributed by atoms with Crippen LogP contribution in [0.3, 0.4) is 0 Å². The zero-order chi connectivity index (χ0) is 14.0. The Labute approximate surface area is 124 Å². The van der Waals surface area contributed by atoms with Gasteiger partial charge in [-0.15, -0.1) is 0 Å². The molecule has 0 aliphatic heterocycles. The van der Waals surface area contributed by atoms with E-state index in [1.165, 1.54) is 70.6 Å². The maximum absolute atomic E-state index is 4.49. The lowest BCUT2D eigenvalue weighted by atomic mass is 9.96. The molecular formula is C17H31N3. The normalized spacial score (nSPS) is 16.4. The van der Waals surface area contributed by atoms with E-state index < -0.39 is 0 Å². The van der Waals surface area contributed by atoms with Crippen molar-refractivity contribution < 1.29 is 0 Å². The standard InChI is InChI=1S/C17H31N3/c1-2-3-4-5-6-10-14-20-15-13-18-17(20)19-16-11-8-7-9-12-16/h13,15-16H,2-12,14H2,1H3,(H,18,19). The van der Waals surface area contributed by atoms with Crippen LogP contribution in [0.4, 0.5) is 5.95 Å². The quantitative estimate of drug-likeness (QED) is 0.644. The summed E-state index contributed by atoms with van der Waals surface area (Å²) in [6.07, 6.45) is 18.9. The first-order valence-electron chi connectivity index (χ1n) is 8.68. The van der Waals surface area contributed by atoms with Gasteiger partial charge in [-0.25, -0.2) is 4.98 Å². The second-order valence-electron chi connectivity index (χ2n) is 6.19. The number of hydrogen-bond acceptors (Lipinski definition) is 2. The number of nitrogens with zero attached hydrogens (tertiary/aromatic N) is 2. The summed E-state index contributed by atoms with van der Waals surface area (Å²) in [5.41, 5.74) is 0. The topological polar surface area (TPSA) is 29.9 Å². The van der Waals surface area contributed by atoms with Gasteiger partial charge in [0.25, 0.3) is 0 Å². The van der Waals surface area contributed by atoms with Crippen LogP contribution in [0.15, 0.2) is 12.4 Å². The molecule has 1 saturated carbocycles. The average Bonchev–Trinajstić information content (AvgIpc) is 2.91. The van der Waals surface area contributed by atoms with E-state index in [1.807, 2.05) is 6.20 Å². The summed E-state index contributed by atoms with van der Waals surface area (Å²) in [6.45, 7) is 3.38. The lowest BCUT2D eigenvalue weighted by Gasteiger charge is -2.23. The summed E-state index contributed by atoms with van der Waals surface area (Å²) in [7, 11) is 0. The second-order valence-corrected chi connectivity index (χ2v) is 6.19. The summed E-state index contributed by atoms with van der Waals surface area (Å²) in [4.78, 5) is 4.49. The minimum Gasteiger partial charge on any atom is -0.353 e. The van der Waals surface area contributed by atoms with Crippen molar-refractivity contribution in [3.63, 3.8) is 0 Å². The predicted molar refractivity (Wildman–Crippen MR) is 86.1 cm³/mol. The molecule has 0 spiro atoms. The SMILES string of the molecule is CCCCCCCCn1ccnc1NC1CCCCC1. The van der Waals surface area contributed by atoms with Crippen molar-refractivity contribution in [1.29, 1.82) is 0 Å². The highest BCUT2D eigenvalue weighted by Gasteiger charge is 2.14. The van der Waals surface area contributed by atoms with Crippen molar-refractivity contribution in [3.05, 3.63) is 12.4 Å². The summed E-state index contributed by atoms with van der Waals surface area (Å²) < 4.78 is 2.30. The molecule has 114 valence electrons. The number of aryl methyl sites for hydroxylation is 1. The van der Waals surface area contributed by atoms with Gasteiger partial charge in [0.15, 0.2) is 0 Å². The van der Waals surface area contributed by atoms with Crippen molar-refractivity contribution in [1.82, 2.24) is 9.55 Å². The van der Waals surface area contributed by atoms with Crippen LogP contribution < -0.4 is 5.32 Å². The van der Waals surface area contributed by atoms with Gasteiger partial charge in [-0.05, 0) is 19.3 Å². The van der Waals surface area contributed by atoms with Crippen molar-refractivity contribution >= 4 is 5.95 Å². The summed E-state index contributed by atoms with van der Waals surface area (Å²) in [6, 6.07) is 0.648. The molecule has 1 fully saturated rings. The average molecular weight is 277 g/mol. The van der Waals surface area contributed by atoms with Crippen LogP contribution in [0, 0.1) is 0 Å². The van der Waals surface area contributed by atoms with Crippen molar-refractivity contribution in [3.8, 4) is 0 Å². The van der Waals surface area contributed by atoms with Crippen LogP contribution in [-0.2, 0) is 6.54 Å². The molecule has 3 heteroatoms. The fourth-order valence-corrected chi connectivity index (χ4v) is 3.12. The Morgan fingerprint density at radius 2 is 1.85 bits per heavy atom. The van der Waals surface area contributed by atoms with E-state index in [2.05, 4.69) is 28.0 Å². The molecule has 1 heterocycles. The highest BCUT2D eigenvalue weighted by Crippen LogP contribution is 2.21. The van der Waals surface area contributed by atoms with E-state index in [9.17, 15) is 0 Å². The molecule has 1 aliphatic carbocycles. The Morgan fingerprint density at radius 1 is 1.10 bits per heavy atom. The lowest BCUT2D eigenvalue weighted by Crippen LogP contribution is -2.24. The van der Waals surface area contributed by atoms with E-state index in [-0.39, 0.29) is 0 Å². The Balaban J connectivity index is 1.68. The first-order valence-corrected chi connectivity index (χ1v) is 8.68. The molecule has 20 heavy (non-hydrogen) atoms. The van der Waals surface area contributed by atoms with Gasteiger partial charge in [0.1, 0.15) is 0 Å². The number of nitrogens with one attached hydrogen (secondary N) is 1. The fourth-order valence-electron chi connectivity index (χ4n) is 3.12. The fraction of sp³-hybridized carbons (Fsp3) is 0.824. The number of rotatable bonds is 9. The number of anilines is 1. The van der Waals surface area contributed by atoms with Gasteiger partial charge in [-0.1, -0.05) is 58.3 Å². The van der Waals surface area contributed by atoms with Gasteiger partial charge < -0.3 is 9.88 Å². The van der Waals surface area contributed by atoms with Gasteiger partial charge in [0.2, 0.25) is 5.95 Å². The summed E-state index contributed by atoms with van der Waals surface area (Å²) in [5, 5.41) is 3.64. The van der Waals surface area contributed by atoms with Crippen LogP contribution >= 0.6 is 0 Å². The minimum absolute atomic E-state index is 0.648. The molecule has 2 rings (SSSR count). The predicted octanol–water partition coefficient (Wildman–Crippen LogP) is 4.99. The van der Waals surface area contributed by atoms with Crippen molar-refractivity contribution in [2.75, 3.05) is 5.32 Å². The molecule has 1 aromatic heterocycles. The zero-order valence-corrected chi connectivity index (χ0v) is 13.1. The van der Waals surface area contributed by atoms with E-state index in [0.717, 1.165) is 12.5 Å². The highest BCUT2D eigenvalue weighted by atomic mass is 15.2. The third-order valence-corrected chi connectivity index (χ3v) is 4.41. The molecule has 1 aromatic rings. The first-order chi connectivity index (χ1) is 9.90. The van der Waals surface area contributed by atoms with E-state index in [4.69, 9.17) is 0 Å². The Kier molecular flexibility index (Phi) is 6.96. The molecule has 0 unspecified atom stereocenters. The minimum atomic E-state index is 0.648. The summed E-state index contributed by atoms with van der Waals surface area (Å²) >= 11 is 0. The molecule has 0 bridgehead atoms. The number of unbranched alkanes of at least 4 members (excludes halogenated alkanes) is 5. The van der Waals surface area contributed by atoms with Crippen LogP contribution in [0.1, 0.15) is 77.6 Å². The third kappa shape index (κ3) is 5.18. The molecule has 0 radical (unpaired) electrons. The number of hydrogen-bond donors (Lipinski definition) is 1. The molecule has 3 nitrogen and oxygen atoms in total. The zero-order valence-electron chi connectivity index (χ0n) is 13.1. The smallest absolute Gasteiger partial charge is 0.202 e.